The summed E-state index contributed by atoms with van der Waals surface area (Å²) in [5.74, 6) is -3.22. The maximum atomic E-state index is 13.0. The van der Waals surface area contributed by atoms with Crippen molar-refractivity contribution in [3.63, 3.8) is 0 Å². The van der Waals surface area contributed by atoms with Gasteiger partial charge in [0.1, 0.15) is 6.10 Å². The van der Waals surface area contributed by atoms with Crippen molar-refractivity contribution in [1.29, 1.82) is 0 Å². The van der Waals surface area contributed by atoms with E-state index in [0.717, 1.165) is 19.3 Å². The summed E-state index contributed by atoms with van der Waals surface area (Å²) in [6.07, 6.45) is 2.49. The number of aliphatic carboxylic acids is 2. The molecule has 17 nitrogen and oxygen atoms in total. The minimum absolute atomic E-state index is 0.137. The van der Waals surface area contributed by atoms with E-state index in [1.807, 2.05) is 0 Å². The quantitative estimate of drug-likeness (QED) is 0.0509. The van der Waals surface area contributed by atoms with E-state index in [9.17, 15) is 44.7 Å². The van der Waals surface area contributed by atoms with E-state index in [4.69, 9.17) is 15.2 Å². The lowest BCUT2D eigenvalue weighted by molar-refractivity contribution is -0.208. The first-order valence-corrected chi connectivity index (χ1v) is 17.6. The fourth-order valence-corrected chi connectivity index (χ4v) is 9.30. The number of hydrogen-bond donors (Lipinski definition) is 10. The monoisotopic (exact) mass is 724 g/mol. The number of hydrogen-bond acceptors (Lipinski definition) is 11. The number of aliphatic hydroxyl groups excluding tert-OH is 3. The van der Waals surface area contributed by atoms with Crippen LogP contribution >= 0.6 is 0 Å². The van der Waals surface area contributed by atoms with Crippen molar-refractivity contribution < 1.29 is 54.2 Å². The molecule has 1 aliphatic heterocycles. The molecule has 2 amide bonds. The van der Waals surface area contributed by atoms with Gasteiger partial charge in [0.25, 0.3) is 0 Å². The van der Waals surface area contributed by atoms with Crippen molar-refractivity contribution in [2.45, 2.75) is 126 Å². The van der Waals surface area contributed by atoms with Gasteiger partial charge < -0.3 is 62.0 Å². The van der Waals surface area contributed by atoms with Gasteiger partial charge in [0.15, 0.2) is 5.96 Å². The molecule has 5 fully saturated rings. The largest absolute Gasteiger partial charge is 0.478 e. The normalized spacial score (nSPS) is 34.9. The molecule has 5 aliphatic rings. The molecule has 1 saturated heterocycles. The first kappa shape index (κ1) is 40.4. The zero-order valence-electron chi connectivity index (χ0n) is 30.0. The molecule has 9 unspecified atom stereocenters. The number of carbonyl (C=O) groups is 4. The standard InChI is InChI=1S/C34H56N6O11/c1-16(30(46)47)6-23(27(37-18(3)42)17(2)29(50-5)25(45)15-41)39-32(35)40-34(31(48)49)13-24(44)28(38-19(4)43)26(51-34)14-36-33-10-20-7-21(11-33)9-22(8-20)12-33/h6,17,20-29,36,41,44-45H,7-15H2,1-5H3,(H,37,42)(H,38,43)(H,46,47)(H,48,49)(H3,35,39,40)/b16-6+. The molecule has 0 aromatic heterocycles. The third-order valence-electron chi connectivity index (χ3n) is 11.1. The van der Waals surface area contributed by atoms with E-state index in [1.54, 1.807) is 6.92 Å². The van der Waals surface area contributed by atoms with Gasteiger partial charge in [-0.2, -0.15) is 0 Å². The molecular weight excluding hydrogens is 668 g/mol. The maximum absolute atomic E-state index is 13.0. The molecule has 17 heteroatoms. The first-order valence-electron chi connectivity index (χ1n) is 17.6. The number of nitrogens with two attached hydrogens (primary N) is 1. The highest BCUT2D eigenvalue weighted by Gasteiger charge is 2.55. The Morgan fingerprint density at radius 1 is 1.02 bits per heavy atom. The predicted molar refractivity (Wildman–Crippen MR) is 183 cm³/mol. The van der Waals surface area contributed by atoms with Crippen LogP contribution in [-0.2, 0) is 28.7 Å². The third-order valence-corrected chi connectivity index (χ3v) is 11.1. The number of ether oxygens (including phenoxy) is 2. The molecule has 4 saturated carbocycles. The second kappa shape index (κ2) is 16.5. The minimum Gasteiger partial charge on any atom is -0.478 e. The zero-order chi connectivity index (χ0) is 37.8. The Hall–Kier alpha value is -3.35. The SMILES string of the molecule is COC(C(O)CO)C(C)C(NC(C)=O)C(/C=C(\C)C(=O)O)N=C(N)NC1(C(=O)O)CC(O)C(NC(C)=O)C(CNC23CC4CC(CC(C4)C2)C3)O1. The topological polar surface area (TPSA) is 274 Å². The number of rotatable bonds is 16. The van der Waals surface area contributed by atoms with Crippen molar-refractivity contribution in [2.75, 3.05) is 20.3 Å². The molecule has 5 rings (SSSR count). The summed E-state index contributed by atoms with van der Waals surface area (Å²) >= 11 is 0. The van der Waals surface area contributed by atoms with E-state index >= 15 is 0 Å². The van der Waals surface area contributed by atoms with E-state index in [0.29, 0.717) is 17.8 Å². The molecule has 0 aromatic rings. The lowest BCUT2D eigenvalue weighted by Crippen LogP contribution is -2.71. The van der Waals surface area contributed by atoms with E-state index in [2.05, 4.69) is 26.3 Å². The highest BCUT2D eigenvalue weighted by Crippen LogP contribution is 2.55. The Bertz CT molecular complexity index is 1320. The number of aliphatic imine (C=N–C) groups is 1. The summed E-state index contributed by atoms with van der Waals surface area (Å²) in [4.78, 5) is 53.8. The van der Waals surface area contributed by atoms with Crippen molar-refractivity contribution in [3.8, 4) is 0 Å². The molecule has 0 aromatic carbocycles. The second-order valence-corrected chi connectivity index (χ2v) is 15.2. The van der Waals surface area contributed by atoms with Gasteiger partial charge in [-0.15, -0.1) is 0 Å². The van der Waals surface area contributed by atoms with Crippen LogP contribution in [0.15, 0.2) is 16.6 Å². The molecule has 0 radical (unpaired) electrons. The number of aliphatic hydroxyl groups is 3. The highest BCUT2D eigenvalue weighted by molar-refractivity contribution is 5.88. The molecule has 11 N–H and O–H groups in total. The predicted octanol–water partition coefficient (Wildman–Crippen LogP) is -1.21. The van der Waals surface area contributed by atoms with Gasteiger partial charge in [-0.25, -0.2) is 14.6 Å². The number of nitrogens with zero attached hydrogens (tertiary/aromatic N) is 1. The summed E-state index contributed by atoms with van der Waals surface area (Å²) in [6.45, 7) is 4.87. The molecule has 0 spiro atoms. The summed E-state index contributed by atoms with van der Waals surface area (Å²) in [5.41, 5.74) is 3.70. The van der Waals surface area contributed by atoms with Crippen LogP contribution in [0.5, 0.6) is 0 Å². The van der Waals surface area contributed by atoms with Gasteiger partial charge in [-0.05, 0) is 69.3 Å². The van der Waals surface area contributed by atoms with Crippen LogP contribution in [0.4, 0.5) is 0 Å². The van der Waals surface area contributed by atoms with Crippen molar-refractivity contribution >= 4 is 29.7 Å². The molecule has 288 valence electrons. The van der Waals surface area contributed by atoms with Crippen LogP contribution in [0.2, 0.25) is 0 Å². The lowest BCUT2D eigenvalue weighted by Gasteiger charge is -2.57. The number of methoxy groups -OCH3 is 1. The van der Waals surface area contributed by atoms with Crippen LogP contribution in [-0.4, -0.2) is 129 Å². The van der Waals surface area contributed by atoms with Crippen molar-refractivity contribution in [1.82, 2.24) is 21.3 Å². The van der Waals surface area contributed by atoms with Gasteiger partial charge in [-0.1, -0.05) is 6.92 Å². The van der Waals surface area contributed by atoms with Gasteiger partial charge >= 0.3 is 11.9 Å². The fourth-order valence-electron chi connectivity index (χ4n) is 9.30. The number of carboxylic acids is 2. The van der Waals surface area contributed by atoms with Crippen LogP contribution in [0.1, 0.15) is 72.6 Å². The molecular formula is C34H56N6O11. The number of guanidine groups is 1. The van der Waals surface area contributed by atoms with Crippen molar-refractivity contribution in [3.05, 3.63) is 11.6 Å². The van der Waals surface area contributed by atoms with Crippen LogP contribution < -0.4 is 27.0 Å². The molecule has 9 atom stereocenters. The fraction of sp³-hybridized carbons (Fsp3) is 0.794. The Morgan fingerprint density at radius 3 is 2.08 bits per heavy atom. The molecule has 51 heavy (non-hydrogen) atoms. The van der Waals surface area contributed by atoms with E-state index in [1.165, 1.54) is 53.2 Å². The average molecular weight is 725 g/mol. The Morgan fingerprint density at radius 2 is 1.61 bits per heavy atom. The number of carboxylic acid groups (broad SMARTS) is 2. The minimum atomic E-state index is -2.33. The lowest BCUT2D eigenvalue weighted by atomic mass is 9.53. The Labute approximate surface area is 297 Å². The summed E-state index contributed by atoms with van der Waals surface area (Å²) in [6, 6.07) is -3.29. The smallest absolute Gasteiger partial charge is 0.357 e. The Kier molecular flexibility index (Phi) is 13.1. The summed E-state index contributed by atoms with van der Waals surface area (Å²) in [7, 11) is 1.29. The first-order chi connectivity index (χ1) is 23.9. The molecule has 1 heterocycles. The maximum Gasteiger partial charge on any atom is 0.357 e. The van der Waals surface area contributed by atoms with Gasteiger partial charge in [0.05, 0.1) is 43.0 Å². The van der Waals surface area contributed by atoms with Crippen LogP contribution in [0.3, 0.4) is 0 Å². The zero-order valence-corrected chi connectivity index (χ0v) is 30.0. The van der Waals surface area contributed by atoms with E-state index in [-0.39, 0.29) is 17.7 Å². The number of amides is 2. The third kappa shape index (κ3) is 9.56. The number of carbonyl (C=O) groups excluding carboxylic acids is 2. The molecule has 4 aliphatic carbocycles. The molecule has 4 bridgehead atoms. The van der Waals surface area contributed by atoms with Crippen LogP contribution in [0.25, 0.3) is 0 Å². The average Bonchev–Trinajstić information content (AvgIpc) is 3.02. The van der Waals surface area contributed by atoms with Crippen LogP contribution in [0, 0.1) is 23.7 Å². The highest BCUT2D eigenvalue weighted by atomic mass is 16.6. The number of nitrogens with one attached hydrogen (secondary N) is 4. The van der Waals surface area contributed by atoms with Gasteiger partial charge in [0, 0.05) is 51.0 Å². The summed E-state index contributed by atoms with van der Waals surface area (Å²) < 4.78 is 11.7. The second-order valence-electron chi connectivity index (χ2n) is 15.2. The van der Waals surface area contributed by atoms with Gasteiger partial charge in [-0.3, -0.25) is 9.59 Å². The summed E-state index contributed by atoms with van der Waals surface area (Å²) in [5, 5.41) is 63.3. The van der Waals surface area contributed by atoms with Crippen molar-refractivity contribution in [2.24, 2.45) is 34.4 Å². The van der Waals surface area contributed by atoms with E-state index < -0.39 is 96.9 Å². The van der Waals surface area contributed by atoms with Gasteiger partial charge in [0.2, 0.25) is 17.5 Å². The Balaban J connectivity index is 1.66.